The maximum atomic E-state index is 13.7. The Morgan fingerprint density at radius 2 is 2.12 bits per heavy atom. The van der Waals surface area contributed by atoms with Crippen molar-refractivity contribution in [3.63, 3.8) is 0 Å². The summed E-state index contributed by atoms with van der Waals surface area (Å²) in [7, 11) is 0. The fourth-order valence-corrected chi connectivity index (χ4v) is 2.00. The molecule has 0 unspecified atom stereocenters. The van der Waals surface area contributed by atoms with Crippen molar-refractivity contribution in [1.29, 1.82) is 0 Å². The Hall–Kier alpha value is -1.58. The van der Waals surface area contributed by atoms with E-state index in [9.17, 15) is 9.18 Å². The topological polar surface area (TPSA) is 49.3 Å². The van der Waals surface area contributed by atoms with Crippen molar-refractivity contribution in [2.45, 2.75) is 32.2 Å². The minimum absolute atomic E-state index is 0.0303. The Bertz CT molecular complexity index is 453. The van der Waals surface area contributed by atoms with Crippen LogP contribution in [-0.4, -0.2) is 16.6 Å². The molecule has 0 bridgehead atoms. The number of rotatable bonds is 4. The number of carbonyl (C=O) groups is 1. The molecule has 1 aromatic carbocycles. The SMILES string of the molecule is CC(C)(Nc1ccc(C(=O)O)cc1F)C1CC1. The van der Waals surface area contributed by atoms with Gasteiger partial charge in [-0.15, -0.1) is 0 Å². The fraction of sp³-hybridized carbons (Fsp3) is 0.462. The highest BCUT2D eigenvalue weighted by atomic mass is 19.1. The first kappa shape index (κ1) is 11.9. The third kappa shape index (κ3) is 2.57. The van der Waals surface area contributed by atoms with E-state index in [0.29, 0.717) is 11.6 Å². The number of aromatic carboxylic acids is 1. The van der Waals surface area contributed by atoms with E-state index in [1.165, 1.54) is 12.1 Å². The summed E-state index contributed by atoms with van der Waals surface area (Å²) in [6.45, 7) is 4.07. The smallest absolute Gasteiger partial charge is 0.335 e. The van der Waals surface area contributed by atoms with Crippen LogP contribution in [0.2, 0.25) is 0 Å². The number of benzene rings is 1. The number of carboxylic acids is 1. The lowest BCUT2D eigenvalue weighted by Gasteiger charge is -2.27. The number of carboxylic acid groups (broad SMARTS) is 1. The molecule has 0 aromatic heterocycles. The van der Waals surface area contributed by atoms with Crippen LogP contribution in [-0.2, 0) is 0 Å². The van der Waals surface area contributed by atoms with Crippen molar-refractivity contribution in [2.24, 2.45) is 5.92 Å². The summed E-state index contributed by atoms with van der Waals surface area (Å²) in [5.41, 5.74) is 0.190. The molecular weight excluding hydrogens is 221 g/mol. The number of nitrogens with one attached hydrogen (secondary N) is 1. The molecule has 0 spiro atoms. The van der Waals surface area contributed by atoms with Gasteiger partial charge in [-0.25, -0.2) is 9.18 Å². The quantitative estimate of drug-likeness (QED) is 0.845. The van der Waals surface area contributed by atoms with E-state index in [1.54, 1.807) is 0 Å². The van der Waals surface area contributed by atoms with E-state index < -0.39 is 11.8 Å². The molecule has 1 fully saturated rings. The van der Waals surface area contributed by atoms with Crippen molar-refractivity contribution in [3.05, 3.63) is 29.6 Å². The van der Waals surface area contributed by atoms with Crippen LogP contribution in [0.5, 0.6) is 0 Å². The lowest BCUT2D eigenvalue weighted by Crippen LogP contribution is -2.33. The molecule has 1 aliphatic rings. The highest BCUT2D eigenvalue weighted by Gasteiger charge is 2.37. The molecule has 0 aliphatic heterocycles. The summed E-state index contributed by atoms with van der Waals surface area (Å²) >= 11 is 0. The predicted octanol–water partition coefficient (Wildman–Crippen LogP) is 3.12. The Morgan fingerprint density at radius 3 is 2.59 bits per heavy atom. The second-order valence-corrected chi connectivity index (χ2v) is 5.12. The largest absolute Gasteiger partial charge is 0.478 e. The van der Waals surface area contributed by atoms with Gasteiger partial charge in [0.05, 0.1) is 11.3 Å². The maximum Gasteiger partial charge on any atom is 0.335 e. The molecule has 0 radical (unpaired) electrons. The number of hydrogen-bond acceptors (Lipinski definition) is 2. The Kier molecular flexibility index (Phi) is 2.81. The molecule has 0 saturated heterocycles. The summed E-state index contributed by atoms with van der Waals surface area (Å²) in [6.07, 6.45) is 2.32. The molecule has 0 heterocycles. The zero-order valence-corrected chi connectivity index (χ0v) is 9.96. The number of halogens is 1. The Morgan fingerprint density at radius 1 is 1.47 bits per heavy atom. The summed E-state index contributed by atoms with van der Waals surface area (Å²) in [5, 5.41) is 11.9. The van der Waals surface area contributed by atoms with E-state index in [2.05, 4.69) is 5.32 Å². The second-order valence-electron chi connectivity index (χ2n) is 5.12. The minimum Gasteiger partial charge on any atom is -0.478 e. The Labute approximate surface area is 99.7 Å². The molecule has 0 amide bonds. The molecule has 2 rings (SSSR count). The first-order chi connectivity index (χ1) is 7.90. The third-order valence-corrected chi connectivity index (χ3v) is 3.27. The Balaban J connectivity index is 2.19. The minimum atomic E-state index is -1.11. The van der Waals surface area contributed by atoms with Crippen molar-refractivity contribution >= 4 is 11.7 Å². The van der Waals surface area contributed by atoms with Gasteiger partial charge in [0, 0.05) is 5.54 Å². The van der Waals surface area contributed by atoms with Crippen LogP contribution in [0.25, 0.3) is 0 Å². The standard InChI is InChI=1S/C13H16FNO2/c1-13(2,9-4-5-9)15-11-6-3-8(12(16)17)7-10(11)14/h3,6-7,9,15H,4-5H2,1-2H3,(H,16,17). The summed E-state index contributed by atoms with van der Waals surface area (Å²) < 4.78 is 13.7. The normalized spacial score (nSPS) is 15.7. The van der Waals surface area contributed by atoms with Gasteiger partial charge in [0.25, 0.3) is 0 Å². The zero-order chi connectivity index (χ0) is 12.6. The third-order valence-electron chi connectivity index (χ3n) is 3.27. The van der Waals surface area contributed by atoms with E-state index in [4.69, 9.17) is 5.11 Å². The van der Waals surface area contributed by atoms with E-state index >= 15 is 0 Å². The van der Waals surface area contributed by atoms with Crippen LogP contribution in [0.4, 0.5) is 10.1 Å². The molecule has 1 saturated carbocycles. The molecule has 92 valence electrons. The summed E-state index contributed by atoms with van der Waals surface area (Å²) in [5.74, 6) is -1.06. The average Bonchev–Trinajstić information content (AvgIpc) is 3.04. The summed E-state index contributed by atoms with van der Waals surface area (Å²) in [4.78, 5) is 10.7. The molecule has 3 nitrogen and oxygen atoms in total. The first-order valence-electron chi connectivity index (χ1n) is 5.71. The van der Waals surface area contributed by atoms with Gasteiger partial charge >= 0.3 is 5.97 Å². The average molecular weight is 237 g/mol. The van der Waals surface area contributed by atoms with E-state index in [1.807, 2.05) is 13.8 Å². The number of hydrogen-bond donors (Lipinski definition) is 2. The van der Waals surface area contributed by atoms with Crippen LogP contribution in [0, 0.1) is 11.7 Å². The molecule has 4 heteroatoms. The van der Waals surface area contributed by atoms with Crippen LogP contribution < -0.4 is 5.32 Å². The maximum absolute atomic E-state index is 13.7. The molecular formula is C13H16FNO2. The van der Waals surface area contributed by atoms with Crippen LogP contribution in [0.1, 0.15) is 37.0 Å². The zero-order valence-electron chi connectivity index (χ0n) is 9.96. The second kappa shape index (κ2) is 4.02. The van der Waals surface area contributed by atoms with Crippen molar-refractivity contribution in [2.75, 3.05) is 5.32 Å². The van der Waals surface area contributed by atoms with E-state index in [0.717, 1.165) is 18.9 Å². The molecule has 0 atom stereocenters. The molecule has 1 aromatic rings. The van der Waals surface area contributed by atoms with Crippen LogP contribution in [0.15, 0.2) is 18.2 Å². The lowest BCUT2D eigenvalue weighted by atomic mass is 9.98. The van der Waals surface area contributed by atoms with Gasteiger partial charge in [0.2, 0.25) is 0 Å². The molecule has 17 heavy (non-hydrogen) atoms. The summed E-state index contributed by atoms with van der Waals surface area (Å²) in [6, 6.07) is 3.95. The molecule has 2 N–H and O–H groups in total. The van der Waals surface area contributed by atoms with Gasteiger partial charge in [0.1, 0.15) is 5.82 Å². The van der Waals surface area contributed by atoms with Gasteiger partial charge in [0.15, 0.2) is 0 Å². The molecule has 1 aliphatic carbocycles. The predicted molar refractivity (Wildman–Crippen MR) is 63.8 cm³/mol. The van der Waals surface area contributed by atoms with Gasteiger partial charge in [-0.05, 0) is 50.8 Å². The van der Waals surface area contributed by atoms with Gasteiger partial charge < -0.3 is 10.4 Å². The van der Waals surface area contributed by atoms with Gasteiger partial charge in [-0.1, -0.05) is 0 Å². The van der Waals surface area contributed by atoms with Crippen molar-refractivity contribution in [3.8, 4) is 0 Å². The van der Waals surface area contributed by atoms with Gasteiger partial charge in [-0.2, -0.15) is 0 Å². The fourth-order valence-electron chi connectivity index (χ4n) is 2.00. The first-order valence-corrected chi connectivity index (χ1v) is 5.71. The van der Waals surface area contributed by atoms with Gasteiger partial charge in [-0.3, -0.25) is 0 Å². The van der Waals surface area contributed by atoms with Crippen LogP contribution >= 0.6 is 0 Å². The number of anilines is 1. The van der Waals surface area contributed by atoms with E-state index in [-0.39, 0.29) is 11.1 Å². The highest BCUT2D eigenvalue weighted by molar-refractivity contribution is 5.88. The van der Waals surface area contributed by atoms with Crippen LogP contribution in [0.3, 0.4) is 0 Å². The lowest BCUT2D eigenvalue weighted by molar-refractivity contribution is 0.0696. The van der Waals surface area contributed by atoms with Crippen molar-refractivity contribution in [1.82, 2.24) is 0 Å². The van der Waals surface area contributed by atoms with Crippen molar-refractivity contribution < 1.29 is 14.3 Å². The monoisotopic (exact) mass is 237 g/mol. The highest BCUT2D eigenvalue weighted by Crippen LogP contribution is 2.41.